The Morgan fingerprint density at radius 3 is 2.77 bits per heavy atom. The van der Waals surface area contributed by atoms with Crippen molar-refractivity contribution in [2.75, 3.05) is 39.0 Å². The number of aromatic nitrogens is 2. The van der Waals surface area contributed by atoms with E-state index in [0.29, 0.717) is 18.2 Å². The van der Waals surface area contributed by atoms with Gasteiger partial charge in [0.2, 0.25) is 5.95 Å². The highest BCUT2D eigenvalue weighted by atomic mass is 16.2. The number of amides is 1. The van der Waals surface area contributed by atoms with Gasteiger partial charge in [0.05, 0.1) is 0 Å². The smallest absolute Gasteiger partial charge is 0.272 e. The molecule has 138 valence electrons. The number of fused-ring (bicyclic) bond motifs is 1. The number of nitrogens with one attached hydrogen (secondary N) is 1. The quantitative estimate of drug-likeness (QED) is 0.808. The molecule has 0 bridgehead atoms. The van der Waals surface area contributed by atoms with Crippen molar-refractivity contribution in [2.45, 2.75) is 26.3 Å². The van der Waals surface area contributed by atoms with Crippen LogP contribution in [0.15, 0.2) is 30.3 Å². The molecule has 2 aromatic rings. The molecule has 1 aromatic carbocycles. The molecule has 0 radical (unpaired) electrons. The Hall–Kier alpha value is -2.47. The van der Waals surface area contributed by atoms with Crippen LogP contribution in [-0.2, 0) is 13.0 Å². The van der Waals surface area contributed by atoms with Crippen molar-refractivity contribution in [1.82, 2.24) is 19.8 Å². The molecule has 0 atom stereocenters. The van der Waals surface area contributed by atoms with Crippen LogP contribution in [-0.4, -0.2) is 59.4 Å². The molecule has 3 rings (SSSR count). The summed E-state index contributed by atoms with van der Waals surface area (Å²) in [6.07, 6.45) is 1.89. The molecule has 1 aliphatic heterocycles. The van der Waals surface area contributed by atoms with Crippen LogP contribution < -0.4 is 5.32 Å². The van der Waals surface area contributed by atoms with Gasteiger partial charge < -0.3 is 15.1 Å². The Kier molecular flexibility index (Phi) is 5.83. The molecule has 6 nitrogen and oxygen atoms in total. The maximum atomic E-state index is 12.9. The standard InChI is InChI=1S/C20H27N5O/c1-15-13-18(23-20(22-15)21-10-6-11-24(2)3)19(26)25-12-9-16-7-4-5-8-17(16)14-25/h4-5,7-8,13H,6,9-12,14H2,1-3H3,(H,21,22,23). The normalized spacial score (nSPS) is 13.6. The lowest BCUT2D eigenvalue weighted by Gasteiger charge is -2.28. The van der Waals surface area contributed by atoms with E-state index in [1.54, 1.807) is 6.07 Å². The molecule has 1 aromatic heterocycles. The van der Waals surface area contributed by atoms with E-state index in [-0.39, 0.29) is 5.91 Å². The van der Waals surface area contributed by atoms with Crippen LogP contribution in [0.2, 0.25) is 0 Å². The number of anilines is 1. The summed E-state index contributed by atoms with van der Waals surface area (Å²) in [4.78, 5) is 25.8. The number of benzene rings is 1. The molecule has 2 heterocycles. The van der Waals surface area contributed by atoms with Gasteiger partial charge in [-0.1, -0.05) is 24.3 Å². The van der Waals surface area contributed by atoms with Crippen LogP contribution in [0, 0.1) is 6.92 Å². The van der Waals surface area contributed by atoms with E-state index >= 15 is 0 Å². The molecule has 6 heteroatoms. The predicted octanol–water partition coefficient (Wildman–Crippen LogP) is 2.35. The van der Waals surface area contributed by atoms with Crippen LogP contribution in [0.3, 0.4) is 0 Å². The fourth-order valence-electron chi connectivity index (χ4n) is 3.18. The van der Waals surface area contributed by atoms with Crippen LogP contribution in [0.25, 0.3) is 0 Å². The molecule has 0 aliphatic carbocycles. The van der Waals surface area contributed by atoms with E-state index in [1.165, 1.54) is 11.1 Å². The van der Waals surface area contributed by atoms with Gasteiger partial charge in [0.15, 0.2) is 0 Å². The van der Waals surface area contributed by atoms with Crippen LogP contribution in [0.4, 0.5) is 5.95 Å². The third-order valence-corrected chi connectivity index (χ3v) is 4.56. The van der Waals surface area contributed by atoms with Gasteiger partial charge in [-0.3, -0.25) is 4.79 Å². The monoisotopic (exact) mass is 353 g/mol. The van der Waals surface area contributed by atoms with E-state index in [1.807, 2.05) is 17.9 Å². The lowest BCUT2D eigenvalue weighted by atomic mass is 10.00. The minimum absolute atomic E-state index is 0.0265. The Morgan fingerprint density at radius 2 is 2.00 bits per heavy atom. The largest absolute Gasteiger partial charge is 0.354 e. The zero-order valence-corrected chi connectivity index (χ0v) is 15.8. The van der Waals surface area contributed by atoms with E-state index in [9.17, 15) is 4.79 Å². The van der Waals surface area contributed by atoms with Crippen molar-refractivity contribution in [3.63, 3.8) is 0 Å². The third kappa shape index (κ3) is 4.58. The predicted molar refractivity (Wildman–Crippen MR) is 103 cm³/mol. The van der Waals surface area contributed by atoms with Gasteiger partial charge >= 0.3 is 0 Å². The molecule has 1 aliphatic rings. The topological polar surface area (TPSA) is 61.4 Å². The lowest BCUT2D eigenvalue weighted by Crippen LogP contribution is -2.36. The lowest BCUT2D eigenvalue weighted by molar-refractivity contribution is 0.0728. The molecule has 0 saturated carbocycles. The average Bonchev–Trinajstić information content (AvgIpc) is 2.63. The molecule has 0 saturated heterocycles. The molecule has 26 heavy (non-hydrogen) atoms. The highest BCUT2D eigenvalue weighted by molar-refractivity contribution is 5.92. The fraction of sp³-hybridized carbons (Fsp3) is 0.450. The minimum atomic E-state index is -0.0265. The van der Waals surface area contributed by atoms with E-state index in [0.717, 1.165) is 38.2 Å². The van der Waals surface area contributed by atoms with Crippen molar-refractivity contribution in [3.8, 4) is 0 Å². The molecule has 0 unspecified atom stereocenters. The van der Waals surface area contributed by atoms with Crippen molar-refractivity contribution in [3.05, 3.63) is 52.8 Å². The average molecular weight is 353 g/mol. The van der Waals surface area contributed by atoms with Crippen LogP contribution >= 0.6 is 0 Å². The minimum Gasteiger partial charge on any atom is -0.354 e. The van der Waals surface area contributed by atoms with E-state index < -0.39 is 0 Å². The first-order chi connectivity index (χ1) is 12.5. The molecule has 0 fully saturated rings. The summed E-state index contributed by atoms with van der Waals surface area (Å²) in [7, 11) is 4.10. The number of hydrogen-bond donors (Lipinski definition) is 1. The van der Waals surface area contributed by atoms with Gasteiger partial charge in [0, 0.05) is 25.3 Å². The summed E-state index contributed by atoms with van der Waals surface area (Å²) in [6, 6.07) is 10.1. The summed E-state index contributed by atoms with van der Waals surface area (Å²) >= 11 is 0. The summed E-state index contributed by atoms with van der Waals surface area (Å²) in [5, 5.41) is 3.24. The number of rotatable bonds is 6. The maximum Gasteiger partial charge on any atom is 0.272 e. The summed E-state index contributed by atoms with van der Waals surface area (Å²) in [5.74, 6) is 0.505. The van der Waals surface area contributed by atoms with E-state index in [4.69, 9.17) is 0 Å². The van der Waals surface area contributed by atoms with Gasteiger partial charge in [-0.25, -0.2) is 9.97 Å². The molecule has 1 amide bonds. The fourth-order valence-corrected chi connectivity index (χ4v) is 3.18. The zero-order valence-electron chi connectivity index (χ0n) is 15.8. The van der Waals surface area contributed by atoms with Crippen LogP contribution in [0.1, 0.15) is 33.7 Å². The first-order valence-electron chi connectivity index (χ1n) is 9.13. The number of nitrogens with zero attached hydrogens (tertiary/aromatic N) is 4. The zero-order chi connectivity index (χ0) is 18.5. The first kappa shape index (κ1) is 18.3. The molecular formula is C20H27N5O. The molecular weight excluding hydrogens is 326 g/mol. The summed E-state index contributed by atoms with van der Waals surface area (Å²) in [5.41, 5.74) is 3.82. The van der Waals surface area contributed by atoms with Crippen molar-refractivity contribution >= 4 is 11.9 Å². The number of carbonyl (C=O) groups is 1. The summed E-state index contributed by atoms with van der Waals surface area (Å²) in [6.45, 7) is 5.05. The Labute approximate surface area is 155 Å². The Bertz CT molecular complexity index is 775. The van der Waals surface area contributed by atoms with Crippen molar-refractivity contribution in [1.29, 1.82) is 0 Å². The highest BCUT2D eigenvalue weighted by Crippen LogP contribution is 2.20. The van der Waals surface area contributed by atoms with Gasteiger partial charge in [0.1, 0.15) is 5.69 Å². The number of aryl methyl sites for hydroxylation is 1. The Balaban J connectivity index is 1.67. The Morgan fingerprint density at radius 1 is 1.23 bits per heavy atom. The highest BCUT2D eigenvalue weighted by Gasteiger charge is 2.23. The second-order valence-electron chi connectivity index (χ2n) is 7.05. The van der Waals surface area contributed by atoms with Gasteiger partial charge in [-0.2, -0.15) is 0 Å². The second kappa shape index (κ2) is 8.27. The number of hydrogen-bond acceptors (Lipinski definition) is 5. The van der Waals surface area contributed by atoms with Gasteiger partial charge in [0.25, 0.3) is 5.91 Å². The SMILES string of the molecule is Cc1cc(C(=O)N2CCc3ccccc3C2)nc(NCCCN(C)C)n1. The van der Waals surface area contributed by atoms with Crippen molar-refractivity contribution < 1.29 is 4.79 Å². The molecule has 1 N–H and O–H groups in total. The van der Waals surface area contributed by atoms with Gasteiger partial charge in [-0.05, 0) is 57.6 Å². The second-order valence-corrected chi connectivity index (χ2v) is 7.05. The van der Waals surface area contributed by atoms with Crippen molar-refractivity contribution in [2.24, 2.45) is 0 Å². The number of carbonyl (C=O) groups excluding carboxylic acids is 1. The maximum absolute atomic E-state index is 12.9. The first-order valence-corrected chi connectivity index (χ1v) is 9.13. The van der Waals surface area contributed by atoms with Gasteiger partial charge in [-0.15, -0.1) is 0 Å². The van der Waals surface area contributed by atoms with Crippen LogP contribution in [0.5, 0.6) is 0 Å². The third-order valence-electron chi connectivity index (χ3n) is 4.56. The van der Waals surface area contributed by atoms with E-state index in [2.05, 4.69) is 52.5 Å². The molecule has 0 spiro atoms. The summed E-state index contributed by atoms with van der Waals surface area (Å²) < 4.78 is 0.